The lowest BCUT2D eigenvalue weighted by molar-refractivity contribution is 0.0736. The summed E-state index contributed by atoms with van der Waals surface area (Å²) >= 11 is 0. The van der Waals surface area contributed by atoms with Gasteiger partial charge in [-0.2, -0.15) is 0 Å². The lowest BCUT2D eigenvalue weighted by Gasteiger charge is -2.07. The Hall–Kier alpha value is -5.10. The average molecular weight is 503 g/mol. The fourth-order valence-corrected chi connectivity index (χ4v) is 4.42. The van der Waals surface area contributed by atoms with Crippen molar-refractivity contribution in [2.24, 2.45) is 0 Å². The van der Waals surface area contributed by atoms with Crippen LogP contribution >= 0.6 is 0 Å². The van der Waals surface area contributed by atoms with E-state index >= 15 is 0 Å². The quantitative estimate of drug-likeness (QED) is 0.137. The van der Waals surface area contributed by atoms with Crippen molar-refractivity contribution in [1.82, 2.24) is 0 Å². The molecule has 0 aliphatic carbocycles. The van der Waals surface area contributed by atoms with Crippen molar-refractivity contribution in [3.05, 3.63) is 120 Å². The van der Waals surface area contributed by atoms with E-state index in [9.17, 15) is 9.59 Å². The van der Waals surface area contributed by atoms with Crippen LogP contribution in [-0.4, -0.2) is 18.4 Å². The Morgan fingerprint density at radius 1 is 0.868 bits per heavy atom. The number of rotatable bonds is 6. The first-order chi connectivity index (χ1) is 18.6. The number of allylic oxidation sites excluding steroid dienone is 1. The number of carbonyl (C=O) groups is 2. The minimum absolute atomic E-state index is 0.213. The highest BCUT2D eigenvalue weighted by molar-refractivity contribution is 6.15. The van der Waals surface area contributed by atoms with E-state index in [2.05, 4.69) is 0 Å². The zero-order valence-electron chi connectivity index (χ0n) is 20.5. The van der Waals surface area contributed by atoms with Gasteiger partial charge in [0.1, 0.15) is 34.2 Å². The van der Waals surface area contributed by atoms with E-state index in [4.69, 9.17) is 18.6 Å². The maximum Gasteiger partial charge on any atom is 0.348 e. The summed E-state index contributed by atoms with van der Waals surface area (Å²) in [4.78, 5) is 26.4. The first-order valence-corrected chi connectivity index (χ1v) is 12.2. The summed E-state index contributed by atoms with van der Waals surface area (Å²) in [5.74, 6) is 0.998. The van der Waals surface area contributed by atoms with E-state index in [1.54, 1.807) is 42.5 Å². The predicted octanol–water partition coefficient (Wildman–Crippen LogP) is 7.33. The topological polar surface area (TPSA) is 75.0 Å². The Morgan fingerprint density at radius 3 is 2.37 bits per heavy atom. The molecular formula is C32H22O6. The van der Waals surface area contributed by atoms with Crippen molar-refractivity contribution in [3.63, 3.8) is 0 Å². The molecule has 0 fully saturated rings. The first kappa shape index (κ1) is 23.3. The van der Waals surface area contributed by atoms with Crippen LogP contribution in [-0.2, 0) is 0 Å². The van der Waals surface area contributed by atoms with Gasteiger partial charge in [0.25, 0.3) is 0 Å². The molecule has 0 bridgehead atoms. The molecule has 0 saturated carbocycles. The lowest BCUT2D eigenvalue weighted by atomic mass is 10.1. The molecule has 0 unspecified atom stereocenters. The Bertz CT molecular complexity index is 1700. The van der Waals surface area contributed by atoms with E-state index in [1.165, 1.54) is 0 Å². The number of hydrogen-bond acceptors (Lipinski definition) is 6. The van der Waals surface area contributed by atoms with Gasteiger partial charge in [-0.25, -0.2) is 4.79 Å². The maximum atomic E-state index is 13.6. The van der Waals surface area contributed by atoms with Gasteiger partial charge in [-0.15, -0.1) is 0 Å². The molecule has 0 atom stereocenters. The monoisotopic (exact) mass is 502 g/mol. The van der Waals surface area contributed by atoms with Crippen LogP contribution in [0, 0.1) is 0 Å². The first-order valence-electron chi connectivity index (χ1n) is 12.2. The van der Waals surface area contributed by atoms with Crippen molar-refractivity contribution in [1.29, 1.82) is 0 Å². The molecule has 6 heteroatoms. The van der Waals surface area contributed by atoms with Gasteiger partial charge >= 0.3 is 5.97 Å². The second-order valence-corrected chi connectivity index (χ2v) is 8.66. The van der Waals surface area contributed by atoms with Crippen molar-refractivity contribution >= 4 is 28.8 Å². The summed E-state index contributed by atoms with van der Waals surface area (Å²) in [5, 5.41) is 0.584. The second kappa shape index (κ2) is 9.75. The number of esters is 1. The smallest absolute Gasteiger partial charge is 0.348 e. The molecule has 0 N–H and O–H groups in total. The Kier molecular flexibility index (Phi) is 5.98. The SMILES string of the molecule is CCOc1ccc2oc(-c3ccccc3)c(C(=O)Oc3ccc4c(c3)OC(=Cc3ccccc3)C4=O)c2c1. The molecule has 2 heterocycles. The standard InChI is InChI=1S/C32H22O6/c1-2-35-22-14-16-26-25(18-22)29(31(38-26)21-11-7-4-8-12-21)32(34)36-23-13-15-24-27(19-23)37-28(30(24)33)17-20-9-5-3-6-10-20/h3-19H,2H2,1H3. The van der Waals surface area contributed by atoms with Crippen LogP contribution in [0.2, 0.25) is 0 Å². The third-order valence-electron chi connectivity index (χ3n) is 6.16. The van der Waals surface area contributed by atoms with E-state index in [0.717, 1.165) is 11.1 Å². The summed E-state index contributed by atoms with van der Waals surface area (Å²) in [5.41, 5.74) is 2.83. The molecule has 4 aromatic carbocycles. The molecule has 6 rings (SSSR count). The number of fused-ring (bicyclic) bond motifs is 2. The summed E-state index contributed by atoms with van der Waals surface area (Å²) in [6.45, 7) is 2.38. The zero-order chi connectivity index (χ0) is 26.1. The van der Waals surface area contributed by atoms with Gasteiger partial charge in [-0.1, -0.05) is 60.7 Å². The number of furan rings is 1. The summed E-state index contributed by atoms with van der Waals surface area (Å²) in [6, 6.07) is 28.9. The van der Waals surface area contributed by atoms with Crippen molar-refractivity contribution in [2.45, 2.75) is 6.92 Å². The highest BCUT2D eigenvalue weighted by Crippen LogP contribution is 2.38. The molecule has 0 saturated heterocycles. The predicted molar refractivity (Wildman–Crippen MR) is 144 cm³/mol. The van der Waals surface area contributed by atoms with E-state index in [1.807, 2.05) is 67.6 Å². The number of Topliss-reactive ketones (excluding diaryl/α,β-unsaturated/α-hetero) is 1. The minimum atomic E-state index is -0.597. The fourth-order valence-electron chi connectivity index (χ4n) is 4.42. The molecule has 1 aliphatic heterocycles. The summed E-state index contributed by atoms with van der Waals surface area (Å²) < 4.78 is 23.4. The Labute approximate surface area is 218 Å². The fraction of sp³-hybridized carbons (Fsp3) is 0.0625. The van der Waals surface area contributed by atoms with Crippen LogP contribution in [0.4, 0.5) is 0 Å². The van der Waals surface area contributed by atoms with Gasteiger partial charge < -0.3 is 18.6 Å². The number of carbonyl (C=O) groups excluding carboxylic acids is 2. The maximum absolute atomic E-state index is 13.6. The minimum Gasteiger partial charge on any atom is -0.494 e. The number of hydrogen-bond donors (Lipinski definition) is 0. The average Bonchev–Trinajstić information content (AvgIpc) is 3.47. The van der Waals surface area contributed by atoms with Crippen molar-refractivity contribution in [2.75, 3.05) is 6.61 Å². The molecule has 0 amide bonds. The molecule has 0 spiro atoms. The Balaban J connectivity index is 1.34. The van der Waals surface area contributed by atoms with Gasteiger partial charge in [0.05, 0.1) is 12.2 Å². The van der Waals surface area contributed by atoms with Gasteiger partial charge in [-0.05, 0) is 48.9 Å². The summed E-state index contributed by atoms with van der Waals surface area (Å²) in [7, 11) is 0. The molecule has 186 valence electrons. The van der Waals surface area contributed by atoms with Crippen LogP contribution in [0.25, 0.3) is 28.4 Å². The van der Waals surface area contributed by atoms with Crippen LogP contribution in [0.15, 0.2) is 107 Å². The highest BCUT2D eigenvalue weighted by Gasteiger charge is 2.29. The van der Waals surface area contributed by atoms with Gasteiger partial charge in [0.15, 0.2) is 5.76 Å². The van der Waals surface area contributed by atoms with Gasteiger partial charge in [0, 0.05) is 17.0 Å². The third-order valence-corrected chi connectivity index (χ3v) is 6.16. The molecule has 38 heavy (non-hydrogen) atoms. The van der Waals surface area contributed by atoms with Crippen LogP contribution in [0.1, 0.15) is 33.2 Å². The normalized spacial score (nSPS) is 13.4. The van der Waals surface area contributed by atoms with Crippen molar-refractivity contribution in [3.8, 4) is 28.6 Å². The third kappa shape index (κ3) is 4.33. The van der Waals surface area contributed by atoms with Gasteiger partial charge in [0.2, 0.25) is 5.78 Å². The zero-order valence-corrected chi connectivity index (χ0v) is 20.5. The van der Waals surface area contributed by atoms with Crippen LogP contribution in [0.5, 0.6) is 17.2 Å². The lowest BCUT2D eigenvalue weighted by Crippen LogP contribution is -2.09. The van der Waals surface area contributed by atoms with Crippen LogP contribution in [0.3, 0.4) is 0 Å². The van der Waals surface area contributed by atoms with E-state index in [0.29, 0.717) is 40.4 Å². The highest BCUT2D eigenvalue weighted by atomic mass is 16.5. The molecule has 5 aromatic rings. The number of ketones is 1. The summed E-state index contributed by atoms with van der Waals surface area (Å²) in [6.07, 6.45) is 1.69. The van der Waals surface area contributed by atoms with Gasteiger partial charge in [-0.3, -0.25) is 4.79 Å². The van der Waals surface area contributed by atoms with Crippen molar-refractivity contribution < 1.29 is 28.2 Å². The second-order valence-electron chi connectivity index (χ2n) is 8.66. The van der Waals surface area contributed by atoms with E-state index < -0.39 is 5.97 Å². The number of ether oxygens (including phenoxy) is 3. The molecule has 6 nitrogen and oxygen atoms in total. The molecule has 1 aliphatic rings. The molecule has 1 aromatic heterocycles. The molecule has 0 radical (unpaired) electrons. The molecular weight excluding hydrogens is 480 g/mol. The van der Waals surface area contributed by atoms with Crippen LogP contribution < -0.4 is 14.2 Å². The largest absolute Gasteiger partial charge is 0.494 e. The number of benzene rings is 4. The Morgan fingerprint density at radius 2 is 1.61 bits per heavy atom. The van der Waals surface area contributed by atoms with E-state index in [-0.39, 0.29) is 22.9 Å².